The smallest absolute Gasteiger partial charge is 0.322 e. The average Bonchev–Trinajstić information content (AvgIpc) is 3.68. The van der Waals surface area contributed by atoms with E-state index in [1.165, 1.54) is 24.3 Å². The number of carboxylic acids is 1. The van der Waals surface area contributed by atoms with Gasteiger partial charge in [-0.2, -0.15) is 0 Å². The third-order valence-corrected chi connectivity index (χ3v) is 5.69. The maximum atomic E-state index is 15.6. The zero-order valence-electron chi connectivity index (χ0n) is 18.8. The number of ether oxygens (including phenoxy) is 1. The number of aliphatic carboxylic acids is 1. The van der Waals surface area contributed by atoms with Crippen molar-refractivity contribution >= 4 is 28.3 Å². The van der Waals surface area contributed by atoms with E-state index in [1.807, 2.05) is 31.2 Å². The molecule has 0 radical (unpaired) electrons. The van der Waals surface area contributed by atoms with Crippen molar-refractivity contribution in [3.05, 3.63) is 77.9 Å². The third kappa shape index (κ3) is 4.42. The molecule has 1 aromatic heterocycles. The SMILES string of the molecule is CCOc1ccccc1-c1ccc(-c2nc3ccc(F)cc3c(NCC(=O)O)c2C2=NC2)c(F)c1. The Morgan fingerprint density at radius 2 is 1.89 bits per heavy atom. The van der Waals surface area contributed by atoms with Gasteiger partial charge in [0.1, 0.15) is 23.9 Å². The fraction of sp³-hybridized carbons (Fsp3) is 0.148. The number of benzene rings is 3. The second-order valence-corrected chi connectivity index (χ2v) is 8.01. The van der Waals surface area contributed by atoms with Crippen LogP contribution in [-0.2, 0) is 4.79 Å². The lowest BCUT2D eigenvalue weighted by Crippen LogP contribution is -2.15. The first-order valence-electron chi connectivity index (χ1n) is 11.1. The zero-order valence-corrected chi connectivity index (χ0v) is 18.8. The molecule has 5 rings (SSSR count). The Morgan fingerprint density at radius 3 is 2.60 bits per heavy atom. The number of aromatic nitrogens is 1. The van der Waals surface area contributed by atoms with E-state index in [0.29, 0.717) is 58.0 Å². The molecule has 0 aliphatic carbocycles. The van der Waals surface area contributed by atoms with Crippen LogP contribution >= 0.6 is 0 Å². The number of para-hydroxylation sites is 1. The summed E-state index contributed by atoms with van der Waals surface area (Å²) in [5.74, 6) is -1.42. The summed E-state index contributed by atoms with van der Waals surface area (Å²) >= 11 is 0. The van der Waals surface area contributed by atoms with Crippen LogP contribution < -0.4 is 10.1 Å². The van der Waals surface area contributed by atoms with Crippen molar-refractivity contribution in [1.29, 1.82) is 0 Å². The zero-order chi connectivity index (χ0) is 24.5. The Hall–Kier alpha value is -4.33. The van der Waals surface area contributed by atoms with Gasteiger partial charge in [0.15, 0.2) is 0 Å². The van der Waals surface area contributed by atoms with Gasteiger partial charge in [-0.25, -0.2) is 13.8 Å². The summed E-state index contributed by atoms with van der Waals surface area (Å²) in [4.78, 5) is 20.2. The van der Waals surface area contributed by atoms with Crippen molar-refractivity contribution in [2.24, 2.45) is 4.99 Å². The molecule has 1 aliphatic rings. The van der Waals surface area contributed by atoms with E-state index in [2.05, 4.69) is 15.3 Å². The topological polar surface area (TPSA) is 83.8 Å². The van der Waals surface area contributed by atoms with Gasteiger partial charge < -0.3 is 15.2 Å². The van der Waals surface area contributed by atoms with Crippen molar-refractivity contribution < 1.29 is 23.4 Å². The highest BCUT2D eigenvalue weighted by Gasteiger charge is 2.27. The predicted molar refractivity (Wildman–Crippen MR) is 131 cm³/mol. The Labute approximate surface area is 199 Å². The van der Waals surface area contributed by atoms with E-state index in [0.717, 1.165) is 5.56 Å². The van der Waals surface area contributed by atoms with Gasteiger partial charge in [-0.05, 0) is 48.9 Å². The van der Waals surface area contributed by atoms with Crippen LogP contribution in [0.25, 0.3) is 33.3 Å². The van der Waals surface area contributed by atoms with Crippen LogP contribution in [0.2, 0.25) is 0 Å². The van der Waals surface area contributed by atoms with Gasteiger partial charge in [0, 0.05) is 22.1 Å². The number of halogens is 2. The number of fused-ring (bicyclic) bond motifs is 1. The fourth-order valence-electron chi connectivity index (χ4n) is 4.12. The molecule has 0 saturated heterocycles. The molecule has 176 valence electrons. The second-order valence-electron chi connectivity index (χ2n) is 8.01. The normalized spacial score (nSPS) is 12.4. The van der Waals surface area contributed by atoms with Gasteiger partial charge in [-0.1, -0.05) is 24.3 Å². The summed E-state index contributed by atoms with van der Waals surface area (Å²) in [6.45, 7) is 2.39. The summed E-state index contributed by atoms with van der Waals surface area (Å²) in [5, 5.41) is 12.5. The molecule has 2 N–H and O–H groups in total. The van der Waals surface area contributed by atoms with E-state index in [-0.39, 0.29) is 5.56 Å². The van der Waals surface area contributed by atoms with Gasteiger partial charge in [0.2, 0.25) is 0 Å². The van der Waals surface area contributed by atoms with E-state index >= 15 is 4.39 Å². The van der Waals surface area contributed by atoms with Crippen LogP contribution in [0.5, 0.6) is 5.75 Å². The number of nitrogens with one attached hydrogen (secondary N) is 1. The molecule has 35 heavy (non-hydrogen) atoms. The van der Waals surface area contributed by atoms with Crippen LogP contribution in [0, 0.1) is 11.6 Å². The summed E-state index contributed by atoms with van der Waals surface area (Å²) in [7, 11) is 0. The molecule has 0 unspecified atom stereocenters. The molecular weight excluding hydrogens is 452 g/mol. The summed E-state index contributed by atoms with van der Waals surface area (Å²) in [6, 6.07) is 16.3. The Kier molecular flexibility index (Phi) is 5.86. The highest BCUT2D eigenvalue weighted by Crippen LogP contribution is 2.39. The number of nitrogens with zero attached hydrogens (tertiary/aromatic N) is 2. The summed E-state index contributed by atoms with van der Waals surface area (Å²) in [5.41, 5.74) is 3.86. The van der Waals surface area contributed by atoms with E-state index < -0.39 is 24.1 Å². The molecule has 0 amide bonds. The minimum atomic E-state index is -1.08. The Bertz CT molecular complexity index is 1500. The van der Waals surface area contributed by atoms with Gasteiger partial charge in [-0.3, -0.25) is 9.79 Å². The highest BCUT2D eigenvalue weighted by atomic mass is 19.1. The van der Waals surface area contributed by atoms with Gasteiger partial charge >= 0.3 is 5.97 Å². The van der Waals surface area contributed by atoms with Gasteiger partial charge in [0.25, 0.3) is 0 Å². The molecule has 3 aromatic carbocycles. The first-order chi connectivity index (χ1) is 17.0. The van der Waals surface area contributed by atoms with Crippen LogP contribution in [0.1, 0.15) is 12.5 Å². The van der Waals surface area contributed by atoms with Gasteiger partial charge in [0.05, 0.1) is 35.8 Å². The lowest BCUT2D eigenvalue weighted by molar-refractivity contribution is -0.134. The van der Waals surface area contributed by atoms with Gasteiger partial charge in [-0.15, -0.1) is 0 Å². The number of carbonyl (C=O) groups is 1. The van der Waals surface area contributed by atoms with Crippen LogP contribution in [-0.4, -0.2) is 41.5 Å². The summed E-state index contributed by atoms with van der Waals surface area (Å²) in [6.07, 6.45) is 0. The van der Waals surface area contributed by atoms with Crippen molar-refractivity contribution in [2.45, 2.75) is 6.92 Å². The molecule has 0 saturated carbocycles. The Balaban J connectivity index is 1.69. The number of hydrogen-bond donors (Lipinski definition) is 2. The number of aliphatic imine (C=N–C) groups is 1. The maximum absolute atomic E-state index is 15.6. The molecule has 8 heteroatoms. The third-order valence-electron chi connectivity index (χ3n) is 5.69. The first kappa shape index (κ1) is 22.5. The fourth-order valence-corrected chi connectivity index (χ4v) is 4.12. The minimum Gasteiger partial charge on any atom is -0.493 e. The van der Waals surface area contributed by atoms with Crippen LogP contribution in [0.3, 0.4) is 0 Å². The molecule has 0 spiro atoms. The number of pyridine rings is 1. The summed E-state index contributed by atoms with van der Waals surface area (Å²) < 4.78 is 35.4. The van der Waals surface area contributed by atoms with E-state index in [9.17, 15) is 14.3 Å². The lowest BCUT2D eigenvalue weighted by atomic mass is 9.96. The molecule has 2 heterocycles. The highest BCUT2D eigenvalue weighted by molar-refractivity contribution is 6.21. The van der Waals surface area contributed by atoms with Crippen molar-refractivity contribution in [1.82, 2.24) is 4.98 Å². The largest absolute Gasteiger partial charge is 0.493 e. The minimum absolute atomic E-state index is 0.233. The Morgan fingerprint density at radius 1 is 1.09 bits per heavy atom. The molecule has 6 nitrogen and oxygen atoms in total. The lowest BCUT2D eigenvalue weighted by Gasteiger charge is -2.17. The van der Waals surface area contributed by atoms with Crippen molar-refractivity contribution in [3.8, 4) is 28.1 Å². The maximum Gasteiger partial charge on any atom is 0.322 e. The number of rotatable bonds is 8. The number of hydrogen-bond acceptors (Lipinski definition) is 5. The second kappa shape index (κ2) is 9.13. The quantitative estimate of drug-likeness (QED) is 0.351. The molecule has 0 bridgehead atoms. The van der Waals surface area contributed by atoms with Crippen molar-refractivity contribution in [3.63, 3.8) is 0 Å². The van der Waals surface area contributed by atoms with Crippen molar-refractivity contribution in [2.75, 3.05) is 25.0 Å². The van der Waals surface area contributed by atoms with Crippen LogP contribution in [0.4, 0.5) is 14.5 Å². The molecular formula is C27H21F2N3O3. The average molecular weight is 473 g/mol. The monoisotopic (exact) mass is 473 g/mol. The number of carboxylic acid groups (broad SMARTS) is 1. The predicted octanol–water partition coefficient (Wildman–Crippen LogP) is 5.54. The van der Waals surface area contributed by atoms with Crippen LogP contribution in [0.15, 0.2) is 65.7 Å². The molecule has 1 aliphatic heterocycles. The van der Waals surface area contributed by atoms with E-state index in [1.54, 1.807) is 12.1 Å². The molecule has 4 aromatic rings. The molecule has 0 atom stereocenters. The standard InChI is InChI=1S/C27H21F2N3O3/c1-2-35-23-6-4-3-5-17(23)15-7-9-18(20(29)11-15)27-25(22-13-30-22)26(31-14-24(33)34)19-12-16(28)8-10-21(19)32-27/h3-12H,2,13-14H2,1H3,(H,31,32)(H,33,34). The first-order valence-corrected chi connectivity index (χ1v) is 11.1. The molecule has 0 fully saturated rings. The number of anilines is 1. The van der Waals surface area contributed by atoms with E-state index in [4.69, 9.17) is 4.74 Å².